The summed E-state index contributed by atoms with van der Waals surface area (Å²) < 4.78 is 0. The highest BCUT2D eigenvalue weighted by Crippen LogP contribution is 2.34. The van der Waals surface area contributed by atoms with Crippen molar-refractivity contribution in [2.24, 2.45) is 11.8 Å². The Morgan fingerprint density at radius 1 is 1.00 bits per heavy atom. The van der Waals surface area contributed by atoms with E-state index in [1.165, 1.54) is 42.0 Å². The highest BCUT2D eigenvalue weighted by molar-refractivity contribution is 5.85. The van der Waals surface area contributed by atoms with Crippen molar-refractivity contribution in [1.82, 2.24) is 0 Å². The molecule has 0 saturated heterocycles. The van der Waals surface area contributed by atoms with Gasteiger partial charge >= 0.3 is 0 Å². The van der Waals surface area contributed by atoms with Crippen molar-refractivity contribution in [2.45, 2.75) is 32.1 Å². The number of benzene rings is 2. The number of hydrogen-bond acceptors (Lipinski definition) is 1. The van der Waals surface area contributed by atoms with Gasteiger partial charge in [-0.3, -0.25) is 0 Å². The molecule has 0 bridgehead atoms. The third-order valence-corrected chi connectivity index (χ3v) is 4.66. The first-order valence-electron chi connectivity index (χ1n) is 7.46. The molecule has 0 aliphatic heterocycles. The van der Waals surface area contributed by atoms with Gasteiger partial charge in [0.1, 0.15) is 0 Å². The normalized spacial score (nSPS) is 17.9. The first kappa shape index (κ1) is 12.7. The fourth-order valence-corrected chi connectivity index (χ4v) is 3.56. The molecule has 1 nitrogen and oxygen atoms in total. The predicted molar refractivity (Wildman–Crippen MR) is 80.2 cm³/mol. The Hall–Kier alpha value is -1.34. The minimum absolute atomic E-state index is 0.327. The van der Waals surface area contributed by atoms with Crippen LogP contribution in [-0.2, 0) is 6.42 Å². The summed E-state index contributed by atoms with van der Waals surface area (Å²) in [6, 6.07) is 15.1. The fourth-order valence-electron chi connectivity index (χ4n) is 3.56. The molecule has 3 rings (SSSR count). The van der Waals surface area contributed by atoms with E-state index in [0.29, 0.717) is 12.5 Å². The van der Waals surface area contributed by atoms with Crippen LogP contribution in [0.2, 0.25) is 0 Å². The first-order chi connectivity index (χ1) is 9.38. The van der Waals surface area contributed by atoms with E-state index in [2.05, 4.69) is 42.5 Å². The Bertz CT molecular complexity index is 535. The second-order valence-corrected chi connectivity index (χ2v) is 5.83. The van der Waals surface area contributed by atoms with Gasteiger partial charge in [0.2, 0.25) is 0 Å². The van der Waals surface area contributed by atoms with Crippen LogP contribution in [0.15, 0.2) is 42.5 Å². The third-order valence-electron chi connectivity index (χ3n) is 4.66. The van der Waals surface area contributed by atoms with Gasteiger partial charge in [-0.15, -0.1) is 0 Å². The van der Waals surface area contributed by atoms with Crippen LogP contribution in [0, 0.1) is 11.8 Å². The second kappa shape index (κ2) is 5.75. The molecule has 1 aliphatic rings. The summed E-state index contributed by atoms with van der Waals surface area (Å²) in [5.41, 5.74) is 1.39. The highest BCUT2D eigenvalue weighted by atomic mass is 16.3. The molecule has 0 radical (unpaired) electrons. The lowest BCUT2D eigenvalue weighted by molar-refractivity contribution is 0.176. The molecule has 1 atom stereocenters. The minimum Gasteiger partial charge on any atom is -0.396 e. The summed E-state index contributed by atoms with van der Waals surface area (Å²) in [5, 5.41) is 12.4. The zero-order chi connectivity index (χ0) is 13.1. The fraction of sp³-hybridized carbons (Fsp3) is 0.444. The molecule has 100 valence electrons. The molecule has 1 heteroatoms. The maximum atomic E-state index is 9.72. The van der Waals surface area contributed by atoms with Crippen molar-refractivity contribution in [2.75, 3.05) is 6.61 Å². The van der Waals surface area contributed by atoms with Gasteiger partial charge in [0.05, 0.1) is 0 Å². The molecule has 1 aliphatic carbocycles. The van der Waals surface area contributed by atoms with E-state index in [0.717, 1.165) is 12.3 Å². The summed E-state index contributed by atoms with van der Waals surface area (Å²) in [7, 11) is 0. The van der Waals surface area contributed by atoms with Gasteiger partial charge in [-0.1, -0.05) is 68.1 Å². The molecule has 1 N–H and O–H groups in total. The summed E-state index contributed by atoms with van der Waals surface area (Å²) in [6.45, 7) is 0.327. The number of aliphatic hydroxyl groups is 1. The van der Waals surface area contributed by atoms with Crippen LogP contribution in [0.25, 0.3) is 10.8 Å². The van der Waals surface area contributed by atoms with Crippen LogP contribution in [-0.4, -0.2) is 11.7 Å². The quantitative estimate of drug-likeness (QED) is 0.867. The van der Waals surface area contributed by atoms with E-state index in [1.54, 1.807) is 0 Å². The van der Waals surface area contributed by atoms with E-state index >= 15 is 0 Å². The van der Waals surface area contributed by atoms with Crippen LogP contribution in [0.5, 0.6) is 0 Å². The lowest BCUT2D eigenvalue weighted by atomic mass is 9.85. The molecule has 0 spiro atoms. The molecule has 1 fully saturated rings. The van der Waals surface area contributed by atoms with Gasteiger partial charge < -0.3 is 5.11 Å². The van der Waals surface area contributed by atoms with Gasteiger partial charge in [0, 0.05) is 6.61 Å². The molecule has 19 heavy (non-hydrogen) atoms. The second-order valence-electron chi connectivity index (χ2n) is 5.83. The topological polar surface area (TPSA) is 20.2 Å². The Balaban J connectivity index is 1.87. The molecular formula is C18H22O. The number of fused-ring (bicyclic) bond motifs is 1. The van der Waals surface area contributed by atoms with E-state index in [9.17, 15) is 5.11 Å². The highest BCUT2D eigenvalue weighted by Gasteiger charge is 2.24. The average Bonchev–Trinajstić information content (AvgIpc) is 2.99. The van der Waals surface area contributed by atoms with Gasteiger partial charge in [-0.2, -0.15) is 0 Å². The lowest BCUT2D eigenvalue weighted by Crippen LogP contribution is -2.18. The predicted octanol–water partition coefficient (Wildman–Crippen LogP) is 4.18. The van der Waals surface area contributed by atoms with E-state index in [4.69, 9.17) is 0 Å². The van der Waals surface area contributed by atoms with Crippen molar-refractivity contribution in [3.8, 4) is 0 Å². The maximum absolute atomic E-state index is 9.72. The molecule has 0 amide bonds. The Morgan fingerprint density at radius 3 is 2.53 bits per heavy atom. The SMILES string of the molecule is OCC(Cc1cccc2ccccc12)C1CCCC1. The lowest BCUT2D eigenvalue weighted by Gasteiger charge is -2.22. The minimum atomic E-state index is 0.327. The van der Waals surface area contributed by atoms with Crippen LogP contribution >= 0.6 is 0 Å². The smallest absolute Gasteiger partial charge is 0.0465 e. The molecule has 2 aromatic rings. The van der Waals surface area contributed by atoms with Gasteiger partial charge in [-0.05, 0) is 34.6 Å². The molecular weight excluding hydrogens is 232 g/mol. The van der Waals surface area contributed by atoms with Crippen molar-refractivity contribution < 1.29 is 5.11 Å². The molecule has 0 aromatic heterocycles. The maximum Gasteiger partial charge on any atom is 0.0465 e. The van der Waals surface area contributed by atoms with Crippen LogP contribution < -0.4 is 0 Å². The van der Waals surface area contributed by atoms with Crippen LogP contribution in [0.3, 0.4) is 0 Å². The van der Waals surface area contributed by atoms with E-state index in [1.807, 2.05) is 0 Å². The monoisotopic (exact) mass is 254 g/mol. The number of hydrogen-bond donors (Lipinski definition) is 1. The van der Waals surface area contributed by atoms with Gasteiger partial charge in [0.25, 0.3) is 0 Å². The number of rotatable bonds is 4. The van der Waals surface area contributed by atoms with Gasteiger partial charge in [0.15, 0.2) is 0 Å². The van der Waals surface area contributed by atoms with Crippen molar-refractivity contribution in [1.29, 1.82) is 0 Å². The molecule has 1 unspecified atom stereocenters. The van der Waals surface area contributed by atoms with Crippen molar-refractivity contribution >= 4 is 10.8 Å². The van der Waals surface area contributed by atoms with E-state index < -0.39 is 0 Å². The molecule has 1 saturated carbocycles. The zero-order valence-corrected chi connectivity index (χ0v) is 11.4. The summed E-state index contributed by atoms with van der Waals surface area (Å²) in [5.74, 6) is 1.16. The first-order valence-corrected chi connectivity index (χ1v) is 7.46. The van der Waals surface area contributed by atoms with Crippen LogP contribution in [0.1, 0.15) is 31.2 Å². The Morgan fingerprint density at radius 2 is 1.74 bits per heavy atom. The average molecular weight is 254 g/mol. The largest absolute Gasteiger partial charge is 0.396 e. The summed E-state index contributed by atoms with van der Waals surface area (Å²) in [6.07, 6.45) is 6.31. The van der Waals surface area contributed by atoms with Crippen molar-refractivity contribution in [3.63, 3.8) is 0 Å². The van der Waals surface area contributed by atoms with E-state index in [-0.39, 0.29) is 0 Å². The Labute approximate surface area is 115 Å². The third kappa shape index (κ3) is 2.66. The van der Waals surface area contributed by atoms with Crippen molar-refractivity contribution in [3.05, 3.63) is 48.0 Å². The molecule has 2 aromatic carbocycles. The summed E-state index contributed by atoms with van der Waals surface area (Å²) in [4.78, 5) is 0. The molecule has 0 heterocycles. The standard InChI is InChI=1S/C18H22O/c19-13-17(14-6-1-2-7-14)12-16-10-5-9-15-8-3-4-11-18(15)16/h3-5,8-11,14,17,19H,1-2,6-7,12-13H2. The number of aliphatic hydroxyl groups excluding tert-OH is 1. The van der Waals surface area contributed by atoms with Gasteiger partial charge in [-0.25, -0.2) is 0 Å². The Kier molecular flexibility index (Phi) is 3.84. The summed E-state index contributed by atoms with van der Waals surface area (Å²) >= 11 is 0. The zero-order valence-electron chi connectivity index (χ0n) is 11.4. The van der Waals surface area contributed by atoms with Crippen LogP contribution in [0.4, 0.5) is 0 Å².